The molecule has 0 aliphatic heterocycles. The smallest absolute Gasteiger partial charge is 0.136 e. The van der Waals surface area contributed by atoms with Gasteiger partial charge in [0.2, 0.25) is 0 Å². The van der Waals surface area contributed by atoms with Crippen LogP contribution in [0.2, 0.25) is 0 Å². The molecule has 0 atom stereocenters. The Hall–Kier alpha value is -1.46. The number of hydrogen-bond acceptors (Lipinski definition) is 3. The van der Waals surface area contributed by atoms with Crippen molar-refractivity contribution in [1.29, 1.82) is 0 Å². The summed E-state index contributed by atoms with van der Waals surface area (Å²) < 4.78 is 0. The minimum atomic E-state index is -0.634. The molecule has 0 amide bonds. The van der Waals surface area contributed by atoms with Crippen LogP contribution in [0.5, 0.6) is 0 Å². The molecule has 6 N–H and O–H groups in total. The Bertz CT molecular complexity index is 514. The molecular weight excluding hydrogens is 200 g/mol. The predicted octanol–water partition coefficient (Wildman–Crippen LogP) is 1.33. The van der Waals surface area contributed by atoms with Gasteiger partial charge in [-0.25, -0.2) is 0 Å². The largest absolute Gasteiger partial charge is 0.199 e. The molecule has 0 fully saturated rings. The van der Waals surface area contributed by atoms with E-state index in [1.807, 2.05) is 24.3 Å². The fraction of sp³-hybridized carbons (Fsp3) is 0.167. The van der Waals surface area contributed by atoms with Crippen LogP contribution in [0.4, 0.5) is 5.69 Å². The van der Waals surface area contributed by atoms with Crippen molar-refractivity contribution in [2.75, 3.05) is 0 Å². The summed E-state index contributed by atoms with van der Waals surface area (Å²) in [5, 5.41) is 2.17. The third-order valence-electron chi connectivity index (χ3n) is 2.79. The lowest BCUT2D eigenvalue weighted by molar-refractivity contribution is 0.304. The van der Waals surface area contributed by atoms with E-state index in [0.29, 0.717) is 5.69 Å². The maximum atomic E-state index is 5.71. The quantitative estimate of drug-likeness (QED) is 0.403. The summed E-state index contributed by atoms with van der Waals surface area (Å²) in [5.74, 6) is 17.1. The average Bonchev–Trinajstić information content (AvgIpc) is 2.26. The highest BCUT2D eigenvalue weighted by molar-refractivity contribution is 5.95. The van der Waals surface area contributed by atoms with Crippen LogP contribution in [0.25, 0.3) is 10.8 Å². The van der Waals surface area contributed by atoms with Crippen molar-refractivity contribution in [2.45, 2.75) is 13.3 Å². The molecule has 0 bridgehead atoms. The Morgan fingerprint density at radius 1 is 0.938 bits per heavy atom. The first kappa shape index (κ1) is 11.0. The molecule has 2 aromatic rings. The first-order valence-corrected chi connectivity index (χ1v) is 5.30. The van der Waals surface area contributed by atoms with Crippen molar-refractivity contribution in [3.63, 3.8) is 0 Å². The Morgan fingerprint density at radius 3 is 2.19 bits per heavy atom. The van der Waals surface area contributed by atoms with Crippen molar-refractivity contribution in [3.05, 3.63) is 42.0 Å². The summed E-state index contributed by atoms with van der Waals surface area (Å²) in [6, 6.07) is 11.9. The number of benzene rings is 2. The number of nitrogens with zero attached hydrogens (tertiary/aromatic N) is 1. The summed E-state index contributed by atoms with van der Waals surface area (Å²) >= 11 is 0. The number of fused-ring (bicyclic) bond motifs is 1. The van der Waals surface area contributed by atoms with Crippen LogP contribution in [0, 0.1) is 0 Å². The van der Waals surface area contributed by atoms with Crippen LogP contribution in [0.3, 0.4) is 0 Å². The number of aryl methyl sites for hydroxylation is 1. The lowest BCUT2D eigenvalue weighted by Gasteiger charge is -2.20. The molecule has 4 heteroatoms. The molecule has 0 radical (unpaired) electrons. The SMILES string of the molecule is CCc1cccc2c([N+](N)(N)N)cccc12. The molecule has 0 saturated carbocycles. The van der Waals surface area contributed by atoms with E-state index < -0.39 is 4.81 Å². The Labute approximate surface area is 94.7 Å². The molecule has 4 nitrogen and oxygen atoms in total. The van der Waals surface area contributed by atoms with E-state index in [1.165, 1.54) is 5.56 Å². The highest BCUT2D eigenvalue weighted by Crippen LogP contribution is 2.28. The molecule has 0 saturated heterocycles. The topological polar surface area (TPSA) is 78.1 Å². The first-order chi connectivity index (χ1) is 7.54. The zero-order valence-corrected chi connectivity index (χ0v) is 9.35. The van der Waals surface area contributed by atoms with Crippen LogP contribution in [-0.2, 0) is 6.42 Å². The minimum absolute atomic E-state index is 0.634. The molecule has 0 aliphatic rings. The summed E-state index contributed by atoms with van der Waals surface area (Å²) in [6.07, 6.45) is 0.973. The Morgan fingerprint density at radius 2 is 1.56 bits per heavy atom. The molecule has 0 spiro atoms. The van der Waals surface area contributed by atoms with Crippen molar-refractivity contribution < 1.29 is 0 Å². The summed E-state index contributed by atoms with van der Waals surface area (Å²) in [4.78, 5) is -0.634. The molecular formula is C12H17N4+. The van der Waals surface area contributed by atoms with Gasteiger partial charge in [0.1, 0.15) is 0 Å². The Balaban J connectivity index is 2.79. The van der Waals surface area contributed by atoms with Crippen LogP contribution >= 0.6 is 0 Å². The van der Waals surface area contributed by atoms with Crippen molar-refractivity contribution >= 4 is 16.5 Å². The molecule has 0 aliphatic carbocycles. The lowest BCUT2D eigenvalue weighted by atomic mass is 10.0. The number of rotatable bonds is 2. The van der Waals surface area contributed by atoms with E-state index in [2.05, 4.69) is 19.1 Å². The summed E-state index contributed by atoms with van der Waals surface area (Å²) in [6.45, 7) is 2.12. The second-order valence-corrected chi connectivity index (χ2v) is 3.98. The van der Waals surface area contributed by atoms with Crippen molar-refractivity contribution in [1.82, 2.24) is 4.81 Å². The number of quaternary nitrogens is 1. The van der Waals surface area contributed by atoms with Gasteiger partial charge in [0.15, 0.2) is 5.69 Å². The molecule has 16 heavy (non-hydrogen) atoms. The van der Waals surface area contributed by atoms with Crippen molar-refractivity contribution in [2.24, 2.45) is 17.5 Å². The highest BCUT2D eigenvalue weighted by Gasteiger charge is 2.19. The van der Waals surface area contributed by atoms with Crippen LogP contribution < -0.4 is 22.3 Å². The molecule has 0 heterocycles. The van der Waals surface area contributed by atoms with Gasteiger partial charge in [0.25, 0.3) is 0 Å². The monoisotopic (exact) mass is 217 g/mol. The molecule has 2 rings (SSSR count). The fourth-order valence-corrected chi connectivity index (χ4v) is 2.00. The minimum Gasteiger partial charge on any atom is -0.136 e. The average molecular weight is 217 g/mol. The molecule has 84 valence electrons. The van der Waals surface area contributed by atoms with E-state index in [-0.39, 0.29) is 0 Å². The van der Waals surface area contributed by atoms with Gasteiger partial charge >= 0.3 is 0 Å². The fourth-order valence-electron chi connectivity index (χ4n) is 2.00. The van der Waals surface area contributed by atoms with E-state index in [4.69, 9.17) is 17.5 Å². The van der Waals surface area contributed by atoms with Gasteiger partial charge < -0.3 is 0 Å². The van der Waals surface area contributed by atoms with Gasteiger partial charge in [-0.2, -0.15) is 0 Å². The molecule has 2 aromatic carbocycles. The second-order valence-electron chi connectivity index (χ2n) is 3.98. The normalized spacial score (nSPS) is 12.0. The second kappa shape index (κ2) is 3.84. The van der Waals surface area contributed by atoms with Gasteiger partial charge in [-0.05, 0) is 23.4 Å². The third kappa shape index (κ3) is 1.79. The van der Waals surface area contributed by atoms with E-state index in [9.17, 15) is 0 Å². The maximum Gasteiger partial charge on any atom is 0.199 e. The van der Waals surface area contributed by atoms with Gasteiger partial charge in [-0.3, -0.25) is 0 Å². The lowest BCUT2D eigenvalue weighted by Crippen LogP contribution is -2.67. The Kier molecular flexibility index (Phi) is 2.65. The number of nitrogens with two attached hydrogens (primary N) is 3. The zero-order chi connectivity index (χ0) is 11.8. The van der Waals surface area contributed by atoms with Crippen LogP contribution in [0.15, 0.2) is 36.4 Å². The number of hydrogen-bond donors (Lipinski definition) is 3. The van der Waals surface area contributed by atoms with E-state index in [0.717, 1.165) is 17.2 Å². The van der Waals surface area contributed by atoms with Crippen molar-refractivity contribution in [3.8, 4) is 0 Å². The summed E-state index contributed by atoms with van der Waals surface area (Å²) in [5.41, 5.74) is 1.99. The van der Waals surface area contributed by atoms with E-state index >= 15 is 0 Å². The van der Waals surface area contributed by atoms with Gasteiger partial charge in [-0.1, -0.05) is 36.0 Å². The van der Waals surface area contributed by atoms with Gasteiger partial charge in [0.05, 0.1) is 0 Å². The standard InChI is InChI=1S/C12H17N4/c1-2-9-5-3-7-11-10(9)6-4-8-12(11)16(13,14)15/h3-8H,2,13-15H2,1H3/q+1. The molecule has 0 unspecified atom stereocenters. The van der Waals surface area contributed by atoms with Crippen LogP contribution in [0.1, 0.15) is 12.5 Å². The maximum absolute atomic E-state index is 5.71. The third-order valence-corrected chi connectivity index (χ3v) is 2.79. The molecule has 0 aromatic heterocycles. The van der Waals surface area contributed by atoms with Crippen LogP contribution in [-0.4, -0.2) is 0 Å². The predicted molar refractivity (Wildman–Crippen MR) is 67.7 cm³/mol. The zero-order valence-electron chi connectivity index (χ0n) is 9.35. The highest BCUT2D eigenvalue weighted by atomic mass is 15.9. The summed E-state index contributed by atoms with van der Waals surface area (Å²) in [7, 11) is 0. The van der Waals surface area contributed by atoms with E-state index in [1.54, 1.807) is 0 Å². The van der Waals surface area contributed by atoms with Gasteiger partial charge in [0, 0.05) is 11.5 Å². The van der Waals surface area contributed by atoms with Gasteiger partial charge in [-0.15, -0.1) is 17.5 Å². The first-order valence-electron chi connectivity index (χ1n) is 5.30.